The minimum atomic E-state index is -0.00668. The summed E-state index contributed by atoms with van der Waals surface area (Å²) in [5, 5.41) is 12.2. The smallest absolute Gasteiger partial charge is 0.230 e. The number of hydrogen-bond acceptors (Lipinski definition) is 6. The van der Waals surface area contributed by atoms with Crippen LogP contribution in [0.3, 0.4) is 0 Å². The van der Waals surface area contributed by atoms with E-state index < -0.39 is 0 Å². The molecular weight excluding hydrogens is 352 g/mol. The van der Waals surface area contributed by atoms with Gasteiger partial charge in [-0.2, -0.15) is 0 Å². The molecule has 0 fully saturated rings. The van der Waals surface area contributed by atoms with E-state index in [1.807, 2.05) is 43.5 Å². The first-order valence-electron chi connectivity index (χ1n) is 8.84. The lowest BCUT2D eigenvalue weighted by Crippen LogP contribution is -2.31. The first-order chi connectivity index (χ1) is 12.6. The van der Waals surface area contributed by atoms with E-state index in [2.05, 4.69) is 15.5 Å². The van der Waals surface area contributed by atoms with Crippen molar-refractivity contribution in [3.8, 4) is 22.9 Å². The highest BCUT2D eigenvalue weighted by molar-refractivity contribution is 7.99. The van der Waals surface area contributed by atoms with Crippen molar-refractivity contribution in [3.63, 3.8) is 0 Å². The molecule has 2 aromatic rings. The molecule has 0 unspecified atom stereocenters. The number of fused-ring (bicyclic) bond motifs is 1. The number of aromatic nitrogens is 3. The minimum Gasteiger partial charge on any atom is -0.490 e. The van der Waals surface area contributed by atoms with E-state index in [0.717, 1.165) is 34.5 Å². The summed E-state index contributed by atoms with van der Waals surface area (Å²) in [6.07, 6.45) is 0.869. The quantitative estimate of drug-likeness (QED) is 0.781. The van der Waals surface area contributed by atoms with Gasteiger partial charge < -0.3 is 19.4 Å². The SMILES string of the molecule is CCn1c(SCC(=O)NC(C)C)nnc1-c1ccc2c(c1)OCCCO2. The van der Waals surface area contributed by atoms with Gasteiger partial charge in [0, 0.05) is 24.6 Å². The normalized spacial score (nSPS) is 13.5. The average Bonchev–Trinajstić information content (AvgIpc) is 2.88. The predicted molar refractivity (Wildman–Crippen MR) is 101 cm³/mol. The van der Waals surface area contributed by atoms with Crippen LogP contribution in [0.2, 0.25) is 0 Å². The number of hydrogen-bond donors (Lipinski definition) is 1. The Bertz CT molecular complexity index is 776. The van der Waals surface area contributed by atoms with Crippen molar-refractivity contribution in [2.75, 3.05) is 19.0 Å². The van der Waals surface area contributed by atoms with E-state index in [1.165, 1.54) is 11.8 Å². The van der Waals surface area contributed by atoms with Gasteiger partial charge in [-0.15, -0.1) is 10.2 Å². The van der Waals surface area contributed by atoms with Gasteiger partial charge in [-0.1, -0.05) is 11.8 Å². The van der Waals surface area contributed by atoms with Crippen LogP contribution in [0, 0.1) is 0 Å². The van der Waals surface area contributed by atoms with Crippen molar-refractivity contribution >= 4 is 17.7 Å². The molecule has 0 spiro atoms. The molecule has 1 aliphatic heterocycles. The molecule has 140 valence electrons. The maximum Gasteiger partial charge on any atom is 0.230 e. The van der Waals surface area contributed by atoms with Crippen molar-refractivity contribution < 1.29 is 14.3 Å². The van der Waals surface area contributed by atoms with Crippen molar-refractivity contribution in [3.05, 3.63) is 18.2 Å². The highest BCUT2D eigenvalue weighted by Crippen LogP contribution is 2.34. The Morgan fingerprint density at radius 2 is 2.04 bits per heavy atom. The Kier molecular flexibility index (Phi) is 6.03. The minimum absolute atomic E-state index is 0.00668. The summed E-state index contributed by atoms with van der Waals surface area (Å²) < 4.78 is 13.5. The molecule has 0 saturated carbocycles. The molecule has 3 rings (SSSR count). The second kappa shape index (κ2) is 8.44. The molecule has 0 radical (unpaired) electrons. The summed E-state index contributed by atoms with van der Waals surface area (Å²) in [6, 6.07) is 5.94. The molecule has 0 saturated heterocycles. The van der Waals surface area contributed by atoms with Crippen LogP contribution in [0.4, 0.5) is 0 Å². The number of nitrogens with zero attached hydrogens (tertiary/aromatic N) is 3. The largest absolute Gasteiger partial charge is 0.490 e. The Balaban J connectivity index is 1.80. The van der Waals surface area contributed by atoms with Crippen LogP contribution in [0.5, 0.6) is 11.5 Å². The fraction of sp³-hybridized carbons (Fsp3) is 0.500. The number of rotatable bonds is 6. The molecule has 0 bridgehead atoms. The number of ether oxygens (including phenoxy) is 2. The predicted octanol–water partition coefficient (Wildman–Crippen LogP) is 2.74. The molecule has 1 amide bonds. The van der Waals surface area contributed by atoms with Crippen molar-refractivity contribution in [2.45, 2.75) is 44.9 Å². The molecular formula is C18H24N4O3S. The lowest BCUT2D eigenvalue weighted by molar-refractivity contribution is -0.119. The van der Waals surface area contributed by atoms with Gasteiger partial charge in [0.1, 0.15) is 0 Å². The molecule has 0 aliphatic carbocycles. The van der Waals surface area contributed by atoms with E-state index in [-0.39, 0.29) is 11.9 Å². The summed E-state index contributed by atoms with van der Waals surface area (Å²) in [5.74, 6) is 2.56. The summed E-state index contributed by atoms with van der Waals surface area (Å²) >= 11 is 1.39. The standard InChI is InChI=1S/C18H24N4O3S/c1-4-22-17(20-21-18(22)26-11-16(23)19-12(2)3)13-6-7-14-15(10-13)25-9-5-8-24-14/h6-7,10,12H,4-5,8-9,11H2,1-3H3,(H,19,23). The fourth-order valence-electron chi connectivity index (χ4n) is 2.69. The lowest BCUT2D eigenvalue weighted by Gasteiger charge is -2.11. The molecule has 7 nitrogen and oxygen atoms in total. The first-order valence-corrected chi connectivity index (χ1v) is 9.82. The number of carbonyl (C=O) groups is 1. The van der Waals surface area contributed by atoms with Crippen LogP contribution in [0.25, 0.3) is 11.4 Å². The number of thioether (sulfide) groups is 1. The Morgan fingerprint density at radius 1 is 1.27 bits per heavy atom. The van der Waals surface area contributed by atoms with Crippen LogP contribution in [0.15, 0.2) is 23.4 Å². The van der Waals surface area contributed by atoms with Gasteiger partial charge in [0.05, 0.1) is 19.0 Å². The number of nitrogens with one attached hydrogen (secondary N) is 1. The highest BCUT2D eigenvalue weighted by Gasteiger charge is 2.17. The monoisotopic (exact) mass is 376 g/mol. The third kappa shape index (κ3) is 4.30. The zero-order valence-corrected chi connectivity index (χ0v) is 16.1. The molecule has 1 aromatic heterocycles. The van der Waals surface area contributed by atoms with Gasteiger partial charge in [-0.25, -0.2) is 0 Å². The first kappa shape index (κ1) is 18.6. The second-order valence-electron chi connectivity index (χ2n) is 6.27. The topological polar surface area (TPSA) is 78.3 Å². The number of carbonyl (C=O) groups excluding carboxylic acids is 1. The van der Waals surface area contributed by atoms with Crippen LogP contribution in [0.1, 0.15) is 27.2 Å². The van der Waals surface area contributed by atoms with Gasteiger partial charge in [0.15, 0.2) is 22.5 Å². The molecule has 2 heterocycles. The zero-order valence-electron chi connectivity index (χ0n) is 15.3. The third-order valence-electron chi connectivity index (χ3n) is 3.82. The van der Waals surface area contributed by atoms with E-state index in [1.54, 1.807) is 0 Å². The maximum absolute atomic E-state index is 11.9. The molecule has 1 N–H and O–H groups in total. The summed E-state index contributed by atoms with van der Waals surface area (Å²) in [7, 11) is 0. The molecule has 1 aliphatic rings. The summed E-state index contributed by atoms with van der Waals surface area (Å²) in [4.78, 5) is 11.9. The molecule has 0 atom stereocenters. The van der Waals surface area contributed by atoms with Gasteiger partial charge >= 0.3 is 0 Å². The molecule has 1 aromatic carbocycles. The summed E-state index contributed by atoms with van der Waals surface area (Å²) in [5.41, 5.74) is 0.919. The van der Waals surface area contributed by atoms with Crippen molar-refractivity contribution in [1.29, 1.82) is 0 Å². The van der Waals surface area contributed by atoms with Crippen LogP contribution < -0.4 is 14.8 Å². The van der Waals surface area contributed by atoms with Crippen molar-refractivity contribution in [1.82, 2.24) is 20.1 Å². The van der Waals surface area contributed by atoms with Crippen LogP contribution in [-0.4, -0.2) is 45.7 Å². The molecule has 26 heavy (non-hydrogen) atoms. The van der Waals surface area contributed by atoms with Crippen LogP contribution in [-0.2, 0) is 11.3 Å². The second-order valence-corrected chi connectivity index (χ2v) is 7.22. The van der Waals surface area contributed by atoms with Gasteiger partial charge in [-0.3, -0.25) is 4.79 Å². The summed E-state index contributed by atoms with van der Waals surface area (Å²) in [6.45, 7) is 7.94. The average molecular weight is 376 g/mol. The van der Waals surface area contributed by atoms with E-state index in [0.29, 0.717) is 25.5 Å². The van der Waals surface area contributed by atoms with Crippen molar-refractivity contribution in [2.24, 2.45) is 0 Å². The number of benzene rings is 1. The number of amides is 1. The fourth-order valence-corrected chi connectivity index (χ4v) is 3.50. The van der Waals surface area contributed by atoms with E-state index in [9.17, 15) is 4.79 Å². The molecule has 8 heteroatoms. The Hall–Kier alpha value is -2.22. The van der Waals surface area contributed by atoms with Gasteiger partial charge in [0.2, 0.25) is 5.91 Å². The Labute approximate surface area is 157 Å². The van der Waals surface area contributed by atoms with Crippen LogP contribution >= 0.6 is 11.8 Å². The zero-order chi connectivity index (χ0) is 18.5. The van der Waals surface area contributed by atoms with Gasteiger partial charge in [0.25, 0.3) is 0 Å². The lowest BCUT2D eigenvalue weighted by atomic mass is 10.2. The Morgan fingerprint density at radius 3 is 2.77 bits per heavy atom. The third-order valence-corrected chi connectivity index (χ3v) is 4.79. The van der Waals surface area contributed by atoms with E-state index in [4.69, 9.17) is 9.47 Å². The van der Waals surface area contributed by atoms with E-state index >= 15 is 0 Å². The van der Waals surface area contributed by atoms with Gasteiger partial charge in [-0.05, 0) is 39.0 Å². The maximum atomic E-state index is 11.9. The highest BCUT2D eigenvalue weighted by atomic mass is 32.2.